The molecule has 0 N–H and O–H groups in total. The van der Waals surface area contributed by atoms with Gasteiger partial charge >= 0.3 is 6.18 Å². The molecule has 0 aromatic heterocycles. The zero-order chi connectivity index (χ0) is 11.9. The van der Waals surface area contributed by atoms with Gasteiger partial charge in [0.15, 0.2) is 0 Å². The van der Waals surface area contributed by atoms with Crippen LogP contribution in [0, 0.1) is 5.82 Å². The van der Waals surface area contributed by atoms with Gasteiger partial charge in [0.05, 0.1) is 13.6 Å². The van der Waals surface area contributed by atoms with Gasteiger partial charge in [0.1, 0.15) is 5.82 Å². The lowest BCUT2D eigenvalue weighted by Crippen LogP contribution is -2.41. The Labute approximate surface area is 86.9 Å². The van der Waals surface area contributed by atoms with Gasteiger partial charge in [-0.25, -0.2) is 4.39 Å². The summed E-state index contributed by atoms with van der Waals surface area (Å²) in [5.74, 6) is -1.11. The Hall–Kier alpha value is -0.843. The van der Waals surface area contributed by atoms with Crippen LogP contribution in [0.3, 0.4) is 0 Å². The molecule has 0 aliphatic carbocycles. The Balaban J connectivity index is 3.37. The Kier molecular flexibility index (Phi) is 2.96. The third kappa shape index (κ3) is 2.59. The standard InChI is InChI=1S/C10H12F4Si/c1-15(2,3)8-6-4-5-7(9(8)11)10(12,13)14/h4-6H,1-3H3. The SMILES string of the molecule is C[Si](C)(C)c1cccc(C(F)(F)F)c1F. The van der Waals surface area contributed by atoms with Crippen molar-refractivity contribution < 1.29 is 17.6 Å². The van der Waals surface area contributed by atoms with Crippen LogP contribution in [0.25, 0.3) is 0 Å². The highest BCUT2D eigenvalue weighted by molar-refractivity contribution is 6.88. The van der Waals surface area contributed by atoms with Crippen LogP contribution in [0.2, 0.25) is 19.6 Å². The Morgan fingerprint density at radius 3 is 2.00 bits per heavy atom. The van der Waals surface area contributed by atoms with E-state index in [4.69, 9.17) is 0 Å². The Morgan fingerprint density at radius 1 is 1.07 bits per heavy atom. The monoisotopic (exact) mass is 236 g/mol. The molecule has 0 heterocycles. The minimum absolute atomic E-state index is 0.220. The number of hydrogen-bond acceptors (Lipinski definition) is 0. The lowest BCUT2D eigenvalue weighted by atomic mass is 10.2. The van der Waals surface area contributed by atoms with E-state index in [2.05, 4.69) is 0 Å². The molecule has 84 valence electrons. The molecule has 1 aromatic rings. The highest BCUT2D eigenvalue weighted by Crippen LogP contribution is 2.30. The number of alkyl halides is 3. The zero-order valence-electron chi connectivity index (χ0n) is 8.74. The second kappa shape index (κ2) is 3.63. The van der Waals surface area contributed by atoms with Crippen molar-refractivity contribution in [3.8, 4) is 0 Å². The van der Waals surface area contributed by atoms with E-state index in [9.17, 15) is 17.6 Å². The first-order valence-electron chi connectivity index (χ1n) is 4.50. The van der Waals surface area contributed by atoms with Gasteiger partial charge in [-0.1, -0.05) is 31.8 Å². The van der Waals surface area contributed by atoms with E-state index in [1.165, 1.54) is 12.1 Å². The Morgan fingerprint density at radius 2 is 1.60 bits per heavy atom. The fourth-order valence-corrected chi connectivity index (χ4v) is 2.72. The lowest BCUT2D eigenvalue weighted by molar-refractivity contribution is -0.139. The van der Waals surface area contributed by atoms with Gasteiger partial charge in [0, 0.05) is 0 Å². The smallest absolute Gasteiger partial charge is 0.206 e. The molecule has 0 saturated heterocycles. The van der Waals surface area contributed by atoms with E-state index in [-0.39, 0.29) is 5.19 Å². The average Bonchev–Trinajstić information content (AvgIpc) is 1.99. The maximum atomic E-state index is 13.6. The van der Waals surface area contributed by atoms with Crippen LogP contribution < -0.4 is 5.19 Å². The van der Waals surface area contributed by atoms with Crippen molar-refractivity contribution in [3.63, 3.8) is 0 Å². The molecule has 0 bridgehead atoms. The summed E-state index contributed by atoms with van der Waals surface area (Å²) in [6.45, 7) is 5.43. The minimum Gasteiger partial charge on any atom is -0.206 e. The van der Waals surface area contributed by atoms with E-state index in [0.717, 1.165) is 6.07 Å². The van der Waals surface area contributed by atoms with E-state index in [0.29, 0.717) is 0 Å². The third-order valence-electron chi connectivity index (χ3n) is 2.11. The molecule has 0 aliphatic rings. The predicted octanol–water partition coefficient (Wildman–Crippen LogP) is 3.39. The predicted molar refractivity (Wildman–Crippen MR) is 54.4 cm³/mol. The van der Waals surface area contributed by atoms with Crippen molar-refractivity contribution >= 4 is 13.3 Å². The molecular weight excluding hydrogens is 224 g/mol. The molecule has 0 radical (unpaired) electrons. The van der Waals surface area contributed by atoms with Crippen molar-refractivity contribution in [2.24, 2.45) is 0 Å². The normalized spacial score (nSPS) is 13.0. The molecule has 0 unspecified atom stereocenters. The van der Waals surface area contributed by atoms with Gasteiger partial charge in [-0.15, -0.1) is 0 Å². The van der Waals surface area contributed by atoms with Crippen LogP contribution >= 0.6 is 0 Å². The van der Waals surface area contributed by atoms with Crippen molar-refractivity contribution in [3.05, 3.63) is 29.6 Å². The second-order valence-corrected chi connectivity index (χ2v) is 9.45. The minimum atomic E-state index is -4.61. The number of hydrogen-bond donors (Lipinski definition) is 0. The summed E-state index contributed by atoms with van der Waals surface area (Å²) in [5, 5.41) is 0.220. The van der Waals surface area contributed by atoms with Gasteiger partial charge in [-0.2, -0.15) is 13.2 Å². The molecule has 0 nitrogen and oxygen atoms in total. The highest BCUT2D eigenvalue weighted by atomic mass is 28.3. The lowest BCUT2D eigenvalue weighted by Gasteiger charge is -2.19. The molecule has 0 saturated carbocycles. The summed E-state index contributed by atoms with van der Waals surface area (Å²) in [4.78, 5) is 0. The quantitative estimate of drug-likeness (QED) is 0.518. The maximum Gasteiger partial charge on any atom is 0.419 e. The van der Waals surface area contributed by atoms with Gasteiger partial charge in [-0.3, -0.25) is 0 Å². The molecule has 15 heavy (non-hydrogen) atoms. The fraction of sp³-hybridized carbons (Fsp3) is 0.400. The summed E-state index contributed by atoms with van der Waals surface area (Å²) in [6, 6.07) is 3.48. The first-order chi connectivity index (χ1) is 6.64. The molecule has 1 aromatic carbocycles. The zero-order valence-corrected chi connectivity index (χ0v) is 9.74. The molecule has 0 amide bonds. The summed E-state index contributed by atoms with van der Waals surface area (Å²) in [6.07, 6.45) is -4.61. The molecule has 0 fully saturated rings. The summed E-state index contributed by atoms with van der Waals surface area (Å²) in [5.41, 5.74) is -1.16. The second-order valence-electron chi connectivity index (χ2n) is 4.41. The van der Waals surface area contributed by atoms with E-state index in [1.54, 1.807) is 0 Å². The molecule has 0 spiro atoms. The molecule has 1 rings (SSSR count). The van der Waals surface area contributed by atoms with Crippen LogP contribution in [-0.2, 0) is 6.18 Å². The van der Waals surface area contributed by atoms with Crippen LogP contribution in [0.1, 0.15) is 5.56 Å². The summed E-state index contributed by atoms with van der Waals surface area (Å²) >= 11 is 0. The van der Waals surface area contributed by atoms with Crippen molar-refractivity contribution in [1.29, 1.82) is 0 Å². The number of halogens is 4. The molecule has 0 atom stereocenters. The molecule has 0 aliphatic heterocycles. The summed E-state index contributed by atoms with van der Waals surface area (Å²) < 4.78 is 50.8. The van der Waals surface area contributed by atoms with Crippen LogP contribution in [0.4, 0.5) is 17.6 Å². The van der Waals surface area contributed by atoms with Gasteiger partial charge in [0.2, 0.25) is 0 Å². The van der Waals surface area contributed by atoms with E-state index < -0.39 is 25.6 Å². The number of benzene rings is 1. The molecular formula is C10H12F4Si. The summed E-state index contributed by atoms with van der Waals surface area (Å²) in [7, 11) is -2.06. The van der Waals surface area contributed by atoms with Crippen LogP contribution in [0.15, 0.2) is 18.2 Å². The van der Waals surface area contributed by atoms with Crippen LogP contribution in [-0.4, -0.2) is 8.07 Å². The number of rotatable bonds is 1. The van der Waals surface area contributed by atoms with Crippen molar-refractivity contribution in [2.75, 3.05) is 0 Å². The highest BCUT2D eigenvalue weighted by Gasteiger charge is 2.36. The first kappa shape index (κ1) is 12.2. The molecule has 5 heteroatoms. The third-order valence-corrected chi connectivity index (χ3v) is 4.11. The largest absolute Gasteiger partial charge is 0.419 e. The fourth-order valence-electron chi connectivity index (χ4n) is 1.33. The van der Waals surface area contributed by atoms with Crippen molar-refractivity contribution in [2.45, 2.75) is 25.8 Å². The average molecular weight is 236 g/mol. The van der Waals surface area contributed by atoms with E-state index >= 15 is 0 Å². The van der Waals surface area contributed by atoms with Gasteiger partial charge < -0.3 is 0 Å². The van der Waals surface area contributed by atoms with E-state index in [1.807, 2.05) is 19.6 Å². The van der Waals surface area contributed by atoms with Gasteiger partial charge in [0.25, 0.3) is 0 Å². The maximum absolute atomic E-state index is 13.6. The van der Waals surface area contributed by atoms with Gasteiger partial charge in [-0.05, 0) is 11.3 Å². The topological polar surface area (TPSA) is 0 Å². The Bertz CT molecular complexity index is 330. The van der Waals surface area contributed by atoms with Crippen LogP contribution in [0.5, 0.6) is 0 Å². The first-order valence-corrected chi connectivity index (χ1v) is 8.00. The van der Waals surface area contributed by atoms with Crippen molar-refractivity contribution in [1.82, 2.24) is 0 Å².